The van der Waals surface area contributed by atoms with Crippen molar-refractivity contribution in [2.24, 2.45) is 11.8 Å². The van der Waals surface area contributed by atoms with Crippen LogP contribution in [0.5, 0.6) is 0 Å². The second kappa shape index (κ2) is 7.18. The maximum atomic E-state index is 13.0. The molecule has 0 unspecified atom stereocenters. The van der Waals surface area contributed by atoms with E-state index in [1.54, 1.807) is 4.31 Å². The molecule has 0 amide bonds. The lowest BCUT2D eigenvalue weighted by Crippen LogP contribution is -2.49. The molecule has 22 heavy (non-hydrogen) atoms. The van der Waals surface area contributed by atoms with Crippen molar-refractivity contribution < 1.29 is 8.42 Å². The van der Waals surface area contributed by atoms with Crippen LogP contribution in [0.25, 0.3) is 0 Å². The Bertz CT molecular complexity index is 459. The van der Waals surface area contributed by atoms with Crippen molar-refractivity contribution in [1.29, 1.82) is 0 Å². The summed E-state index contributed by atoms with van der Waals surface area (Å²) >= 11 is 0. The van der Waals surface area contributed by atoms with Crippen molar-refractivity contribution in [3.05, 3.63) is 0 Å². The molecule has 2 saturated heterocycles. The Kier molecular flexibility index (Phi) is 5.46. The van der Waals surface area contributed by atoms with Gasteiger partial charge in [-0.3, -0.25) is 0 Å². The van der Waals surface area contributed by atoms with Gasteiger partial charge < -0.3 is 0 Å². The largest absolute Gasteiger partial charge is 0.282 e. The number of rotatable bonds is 4. The van der Waals surface area contributed by atoms with Gasteiger partial charge in [-0.05, 0) is 43.9 Å². The van der Waals surface area contributed by atoms with Gasteiger partial charge in [-0.1, -0.05) is 39.0 Å². The summed E-state index contributed by atoms with van der Waals surface area (Å²) in [6, 6.07) is 0.269. The second-order valence-electron chi connectivity index (χ2n) is 7.76. The van der Waals surface area contributed by atoms with Gasteiger partial charge in [0.2, 0.25) is 0 Å². The van der Waals surface area contributed by atoms with E-state index in [2.05, 4.69) is 6.92 Å². The van der Waals surface area contributed by atoms with Gasteiger partial charge in [0.25, 0.3) is 10.2 Å². The minimum Gasteiger partial charge on any atom is -0.195 e. The highest BCUT2D eigenvalue weighted by atomic mass is 32.2. The Morgan fingerprint density at radius 3 is 2.36 bits per heavy atom. The van der Waals surface area contributed by atoms with Crippen LogP contribution in [0.3, 0.4) is 0 Å². The molecule has 0 N–H and O–H groups in total. The van der Waals surface area contributed by atoms with Crippen LogP contribution in [0.4, 0.5) is 0 Å². The van der Waals surface area contributed by atoms with Crippen LogP contribution in [-0.2, 0) is 10.2 Å². The van der Waals surface area contributed by atoms with Crippen LogP contribution in [0.2, 0.25) is 0 Å². The molecular weight excluding hydrogens is 296 g/mol. The van der Waals surface area contributed by atoms with Crippen LogP contribution >= 0.6 is 0 Å². The Balaban J connectivity index is 1.65. The zero-order valence-corrected chi connectivity index (χ0v) is 14.9. The highest BCUT2D eigenvalue weighted by molar-refractivity contribution is 7.86. The Labute approximate surface area is 136 Å². The maximum Gasteiger partial charge on any atom is 0.282 e. The van der Waals surface area contributed by atoms with Crippen LogP contribution in [0.15, 0.2) is 0 Å². The number of hydrogen-bond donors (Lipinski definition) is 0. The summed E-state index contributed by atoms with van der Waals surface area (Å²) in [6.45, 7) is 4.35. The molecule has 0 aromatic heterocycles. The fourth-order valence-electron chi connectivity index (χ4n) is 4.66. The van der Waals surface area contributed by atoms with Crippen molar-refractivity contribution in [3.63, 3.8) is 0 Å². The Morgan fingerprint density at radius 1 is 0.909 bits per heavy atom. The standard InChI is InChI=1S/C17H32N2O2S/c1-15-7-5-11-18(14-15)22(20,21)19-12-6-10-17(19)13-16-8-3-2-4-9-16/h15-17H,2-14H2,1H3/t15-,17-/m0/s1. The van der Waals surface area contributed by atoms with E-state index in [4.69, 9.17) is 0 Å². The summed E-state index contributed by atoms with van der Waals surface area (Å²) in [5.74, 6) is 1.26. The van der Waals surface area contributed by atoms with Gasteiger partial charge in [-0.2, -0.15) is 17.0 Å². The lowest BCUT2D eigenvalue weighted by molar-refractivity contribution is 0.232. The van der Waals surface area contributed by atoms with Gasteiger partial charge >= 0.3 is 0 Å². The van der Waals surface area contributed by atoms with E-state index in [1.165, 1.54) is 32.1 Å². The summed E-state index contributed by atoms with van der Waals surface area (Å²) in [7, 11) is -3.23. The quantitative estimate of drug-likeness (QED) is 0.793. The summed E-state index contributed by atoms with van der Waals surface area (Å²) < 4.78 is 29.7. The molecule has 2 atom stereocenters. The second-order valence-corrected chi connectivity index (χ2v) is 9.64. The molecule has 0 aromatic rings. The fraction of sp³-hybridized carbons (Fsp3) is 1.00. The first-order valence-corrected chi connectivity index (χ1v) is 10.7. The maximum absolute atomic E-state index is 13.0. The van der Waals surface area contributed by atoms with Crippen LogP contribution in [0, 0.1) is 11.8 Å². The third kappa shape index (κ3) is 3.68. The van der Waals surface area contributed by atoms with E-state index in [1.807, 2.05) is 4.31 Å². The average Bonchev–Trinajstić information content (AvgIpc) is 2.97. The molecule has 0 radical (unpaired) electrons. The lowest BCUT2D eigenvalue weighted by atomic mass is 9.84. The molecule has 2 aliphatic heterocycles. The minimum atomic E-state index is -3.23. The summed E-state index contributed by atoms with van der Waals surface area (Å²) in [4.78, 5) is 0. The van der Waals surface area contributed by atoms with Crippen LogP contribution < -0.4 is 0 Å². The molecule has 3 fully saturated rings. The number of hydrogen-bond acceptors (Lipinski definition) is 2. The van der Waals surface area contributed by atoms with Crippen molar-refractivity contribution in [2.45, 2.75) is 77.2 Å². The molecule has 0 bridgehead atoms. The highest BCUT2D eigenvalue weighted by Gasteiger charge is 2.40. The first kappa shape index (κ1) is 16.7. The summed E-state index contributed by atoms with van der Waals surface area (Å²) in [6.07, 6.45) is 12.1. The molecule has 2 heterocycles. The Morgan fingerprint density at radius 2 is 1.64 bits per heavy atom. The normalized spacial score (nSPS) is 33.3. The van der Waals surface area contributed by atoms with E-state index in [0.29, 0.717) is 5.92 Å². The van der Waals surface area contributed by atoms with E-state index in [9.17, 15) is 8.42 Å². The molecule has 1 saturated carbocycles. The van der Waals surface area contributed by atoms with Crippen LogP contribution in [-0.4, -0.2) is 42.7 Å². The predicted molar refractivity (Wildman–Crippen MR) is 89.8 cm³/mol. The zero-order chi connectivity index (χ0) is 15.6. The molecular formula is C17H32N2O2S. The molecule has 5 heteroatoms. The summed E-state index contributed by atoms with van der Waals surface area (Å²) in [5.41, 5.74) is 0. The molecule has 0 aromatic carbocycles. The monoisotopic (exact) mass is 328 g/mol. The van der Waals surface area contributed by atoms with E-state index in [0.717, 1.165) is 57.7 Å². The van der Waals surface area contributed by atoms with Crippen molar-refractivity contribution in [3.8, 4) is 0 Å². The van der Waals surface area contributed by atoms with E-state index < -0.39 is 10.2 Å². The van der Waals surface area contributed by atoms with Gasteiger partial charge in [-0.25, -0.2) is 0 Å². The number of nitrogens with zero attached hydrogens (tertiary/aromatic N) is 2. The SMILES string of the molecule is C[C@H]1CCCN(S(=O)(=O)N2CCC[C@H]2CC2CCCCC2)C1. The highest BCUT2D eigenvalue weighted by Crippen LogP contribution is 2.34. The molecule has 1 aliphatic carbocycles. The van der Waals surface area contributed by atoms with Gasteiger partial charge in [-0.15, -0.1) is 0 Å². The third-order valence-electron chi connectivity index (χ3n) is 5.90. The van der Waals surface area contributed by atoms with Gasteiger partial charge in [0, 0.05) is 25.7 Å². The van der Waals surface area contributed by atoms with E-state index >= 15 is 0 Å². The average molecular weight is 329 g/mol. The minimum absolute atomic E-state index is 0.269. The molecule has 128 valence electrons. The first-order chi connectivity index (χ1) is 10.6. The molecule has 4 nitrogen and oxygen atoms in total. The van der Waals surface area contributed by atoms with Crippen molar-refractivity contribution in [1.82, 2.24) is 8.61 Å². The summed E-state index contributed by atoms with van der Waals surface area (Å²) in [5, 5.41) is 0. The third-order valence-corrected chi connectivity index (χ3v) is 7.95. The first-order valence-electron chi connectivity index (χ1n) is 9.34. The van der Waals surface area contributed by atoms with Gasteiger partial charge in [0.05, 0.1) is 0 Å². The van der Waals surface area contributed by atoms with E-state index in [-0.39, 0.29) is 6.04 Å². The molecule has 0 spiro atoms. The van der Waals surface area contributed by atoms with Crippen molar-refractivity contribution >= 4 is 10.2 Å². The predicted octanol–water partition coefficient (Wildman–Crippen LogP) is 3.40. The number of piperidine rings is 1. The Hall–Kier alpha value is -0.130. The zero-order valence-electron chi connectivity index (χ0n) is 14.0. The smallest absolute Gasteiger partial charge is 0.195 e. The van der Waals surface area contributed by atoms with Gasteiger partial charge in [0.15, 0.2) is 0 Å². The topological polar surface area (TPSA) is 40.6 Å². The van der Waals surface area contributed by atoms with Gasteiger partial charge in [0.1, 0.15) is 0 Å². The fourth-order valence-corrected chi connectivity index (χ4v) is 6.69. The molecule has 3 rings (SSSR count). The molecule has 3 aliphatic rings. The van der Waals surface area contributed by atoms with Crippen LogP contribution in [0.1, 0.15) is 71.1 Å². The van der Waals surface area contributed by atoms with Crippen molar-refractivity contribution in [2.75, 3.05) is 19.6 Å². The lowest BCUT2D eigenvalue weighted by Gasteiger charge is -2.36.